The van der Waals surface area contributed by atoms with Gasteiger partial charge in [0.15, 0.2) is 5.69 Å². The fourth-order valence-corrected chi connectivity index (χ4v) is 2.99. The molecule has 1 saturated heterocycles. The third kappa shape index (κ3) is 3.16. The Bertz CT molecular complexity index is 741. The normalized spacial score (nSPS) is 17.7. The molecule has 0 bridgehead atoms. The predicted molar refractivity (Wildman–Crippen MR) is 90.1 cm³/mol. The predicted octanol–water partition coefficient (Wildman–Crippen LogP) is 0.795. The van der Waals surface area contributed by atoms with E-state index in [9.17, 15) is 9.59 Å². The van der Waals surface area contributed by atoms with Gasteiger partial charge in [-0.25, -0.2) is 4.68 Å². The number of benzene rings is 1. The lowest BCUT2D eigenvalue weighted by molar-refractivity contribution is 0.0691. The first-order chi connectivity index (χ1) is 11.6. The zero-order valence-electron chi connectivity index (χ0n) is 13.6. The molecular formula is C17H21N5O2. The topological polar surface area (TPSA) is 93.3 Å². The van der Waals surface area contributed by atoms with Crippen LogP contribution >= 0.6 is 0 Å². The summed E-state index contributed by atoms with van der Waals surface area (Å²) >= 11 is 0. The molecule has 2 aromatic rings. The van der Waals surface area contributed by atoms with Crippen molar-refractivity contribution in [2.45, 2.75) is 18.9 Å². The second kappa shape index (κ2) is 6.84. The summed E-state index contributed by atoms with van der Waals surface area (Å²) in [6.07, 6.45) is 1.99. The SMILES string of the molecule is CN[C@H]1CCCN(C(=O)c2cc(C(N)=O)n(-c3ccccc3)n2)C1. The van der Waals surface area contributed by atoms with E-state index in [0.717, 1.165) is 12.8 Å². The molecule has 7 heteroatoms. The van der Waals surface area contributed by atoms with Gasteiger partial charge in [-0.15, -0.1) is 0 Å². The van der Waals surface area contributed by atoms with E-state index in [2.05, 4.69) is 10.4 Å². The van der Waals surface area contributed by atoms with Crippen molar-refractivity contribution in [3.05, 3.63) is 47.8 Å². The lowest BCUT2D eigenvalue weighted by atomic mass is 10.1. The van der Waals surface area contributed by atoms with Crippen molar-refractivity contribution < 1.29 is 9.59 Å². The Morgan fingerprint density at radius 1 is 1.29 bits per heavy atom. The summed E-state index contributed by atoms with van der Waals surface area (Å²) in [5.41, 5.74) is 6.59. The van der Waals surface area contributed by atoms with E-state index >= 15 is 0 Å². The van der Waals surface area contributed by atoms with Gasteiger partial charge in [0.05, 0.1) is 5.69 Å². The standard InChI is InChI=1S/C17H21N5O2/c1-19-12-6-5-9-21(11-12)17(24)14-10-15(16(18)23)22(20-14)13-7-3-2-4-8-13/h2-4,7-8,10,12,19H,5-6,9,11H2,1H3,(H2,18,23)/t12-/m0/s1. The molecule has 1 aromatic heterocycles. The highest BCUT2D eigenvalue weighted by molar-refractivity contribution is 5.97. The van der Waals surface area contributed by atoms with Crippen molar-refractivity contribution in [2.24, 2.45) is 5.73 Å². The number of rotatable bonds is 4. The zero-order valence-corrected chi connectivity index (χ0v) is 13.6. The van der Waals surface area contributed by atoms with Gasteiger partial charge < -0.3 is 16.0 Å². The van der Waals surface area contributed by atoms with Crippen molar-refractivity contribution >= 4 is 11.8 Å². The number of hydrogen-bond donors (Lipinski definition) is 2. The van der Waals surface area contributed by atoms with Gasteiger partial charge in [-0.05, 0) is 32.0 Å². The molecule has 1 aliphatic heterocycles. The van der Waals surface area contributed by atoms with E-state index in [1.807, 2.05) is 37.4 Å². The van der Waals surface area contributed by atoms with Gasteiger partial charge in [0.1, 0.15) is 5.69 Å². The first-order valence-corrected chi connectivity index (χ1v) is 8.02. The molecule has 0 saturated carbocycles. The van der Waals surface area contributed by atoms with Crippen LogP contribution < -0.4 is 11.1 Å². The van der Waals surface area contributed by atoms with Gasteiger partial charge in [0.2, 0.25) is 0 Å². The van der Waals surface area contributed by atoms with Gasteiger partial charge in [0, 0.05) is 25.2 Å². The van der Waals surface area contributed by atoms with Crippen molar-refractivity contribution in [1.29, 1.82) is 0 Å². The van der Waals surface area contributed by atoms with Gasteiger partial charge in [-0.3, -0.25) is 9.59 Å². The van der Waals surface area contributed by atoms with Crippen LogP contribution in [-0.4, -0.2) is 52.7 Å². The van der Waals surface area contributed by atoms with Crippen molar-refractivity contribution in [1.82, 2.24) is 20.0 Å². The van der Waals surface area contributed by atoms with Crippen LogP contribution in [-0.2, 0) is 0 Å². The number of amides is 2. The number of carbonyl (C=O) groups excluding carboxylic acids is 2. The van der Waals surface area contributed by atoms with Gasteiger partial charge >= 0.3 is 0 Å². The van der Waals surface area contributed by atoms with Crippen LogP contribution in [0.5, 0.6) is 0 Å². The maximum Gasteiger partial charge on any atom is 0.274 e. The van der Waals surface area contributed by atoms with Crippen molar-refractivity contribution in [3.63, 3.8) is 0 Å². The van der Waals surface area contributed by atoms with Crippen LogP contribution in [0.3, 0.4) is 0 Å². The number of nitrogens with two attached hydrogens (primary N) is 1. The van der Waals surface area contributed by atoms with Crippen LogP contribution in [0.2, 0.25) is 0 Å². The average molecular weight is 327 g/mol. The summed E-state index contributed by atoms with van der Waals surface area (Å²) in [7, 11) is 1.90. The van der Waals surface area contributed by atoms with E-state index < -0.39 is 5.91 Å². The van der Waals surface area contributed by atoms with Crippen molar-refractivity contribution in [2.75, 3.05) is 20.1 Å². The minimum absolute atomic E-state index is 0.174. The molecule has 0 spiro atoms. The molecule has 1 aromatic carbocycles. The highest BCUT2D eigenvalue weighted by Crippen LogP contribution is 2.16. The van der Waals surface area contributed by atoms with E-state index in [0.29, 0.717) is 18.8 Å². The summed E-state index contributed by atoms with van der Waals surface area (Å²) in [6, 6.07) is 10.9. The number of likely N-dealkylation sites (N-methyl/N-ethyl adjacent to an activating group) is 1. The second-order valence-corrected chi connectivity index (χ2v) is 5.91. The van der Waals surface area contributed by atoms with E-state index in [4.69, 9.17) is 5.73 Å². The van der Waals surface area contributed by atoms with Crippen LogP contribution in [0.15, 0.2) is 36.4 Å². The molecule has 1 atom stereocenters. The number of likely N-dealkylation sites (tertiary alicyclic amines) is 1. The molecule has 2 heterocycles. The second-order valence-electron chi connectivity index (χ2n) is 5.91. The minimum atomic E-state index is -0.614. The zero-order chi connectivity index (χ0) is 17.1. The lowest BCUT2D eigenvalue weighted by Crippen LogP contribution is -2.47. The molecule has 24 heavy (non-hydrogen) atoms. The summed E-state index contributed by atoms with van der Waals surface area (Å²) < 4.78 is 1.43. The van der Waals surface area contributed by atoms with Crippen LogP contribution in [0.25, 0.3) is 5.69 Å². The third-order valence-corrected chi connectivity index (χ3v) is 4.30. The molecular weight excluding hydrogens is 306 g/mol. The summed E-state index contributed by atoms with van der Waals surface area (Å²) in [4.78, 5) is 26.3. The largest absolute Gasteiger partial charge is 0.364 e. The quantitative estimate of drug-likeness (QED) is 0.868. The molecule has 1 fully saturated rings. The number of primary amides is 1. The maximum absolute atomic E-state index is 12.8. The van der Waals surface area contributed by atoms with Crippen LogP contribution in [0, 0.1) is 0 Å². The Balaban J connectivity index is 1.91. The highest BCUT2D eigenvalue weighted by Gasteiger charge is 2.27. The molecule has 1 aliphatic rings. The first kappa shape index (κ1) is 16.2. The Morgan fingerprint density at radius 2 is 2.04 bits per heavy atom. The molecule has 0 radical (unpaired) electrons. The fraction of sp³-hybridized carbons (Fsp3) is 0.353. The molecule has 2 amide bonds. The molecule has 7 nitrogen and oxygen atoms in total. The lowest BCUT2D eigenvalue weighted by Gasteiger charge is -2.32. The molecule has 126 valence electrons. The Labute approximate surface area is 140 Å². The van der Waals surface area contributed by atoms with Gasteiger partial charge in [0.25, 0.3) is 11.8 Å². The Morgan fingerprint density at radius 3 is 2.71 bits per heavy atom. The third-order valence-electron chi connectivity index (χ3n) is 4.30. The highest BCUT2D eigenvalue weighted by atomic mass is 16.2. The molecule has 3 rings (SSSR count). The van der Waals surface area contributed by atoms with Crippen LogP contribution in [0.1, 0.15) is 33.8 Å². The number of nitrogens with one attached hydrogen (secondary N) is 1. The van der Waals surface area contributed by atoms with E-state index in [1.54, 1.807) is 4.90 Å². The number of carbonyl (C=O) groups is 2. The monoisotopic (exact) mass is 327 g/mol. The van der Waals surface area contributed by atoms with Crippen molar-refractivity contribution in [3.8, 4) is 5.69 Å². The smallest absolute Gasteiger partial charge is 0.274 e. The molecule has 3 N–H and O–H groups in total. The van der Waals surface area contributed by atoms with E-state index in [-0.39, 0.29) is 23.3 Å². The molecule has 0 aliphatic carbocycles. The summed E-state index contributed by atoms with van der Waals surface area (Å²) in [6.45, 7) is 1.33. The Hall–Kier alpha value is -2.67. The number of aromatic nitrogens is 2. The summed E-state index contributed by atoms with van der Waals surface area (Å²) in [5, 5.41) is 7.54. The van der Waals surface area contributed by atoms with Crippen LogP contribution in [0.4, 0.5) is 0 Å². The van der Waals surface area contributed by atoms with Gasteiger partial charge in [-0.2, -0.15) is 5.10 Å². The Kier molecular flexibility index (Phi) is 4.61. The van der Waals surface area contributed by atoms with Gasteiger partial charge in [-0.1, -0.05) is 18.2 Å². The average Bonchev–Trinajstić information content (AvgIpc) is 3.07. The fourth-order valence-electron chi connectivity index (χ4n) is 2.99. The minimum Gasteiger partial charge on any atom is -0.364 e. The number of piperidine rings is 1. The first-order valence-electron chi connectivity index (χ1n) is 8.02. The maximum atomic E-state index is 12.8. The number of para-hydroxylation sites is 1. The summed E-state index contributed by atoms with van der Waals surface area (Å²) in [5.74, 6) is -0.788. The number of hydrogen-bond acceptors (Lipinski definition) is 4. The number of nitrogens with zero attached hydrogens (tertiary/aromatic N) is 3. The van der Waals surface area contributed by atoms with E-state index in [1.165, 1.54) is 10.7 Å². The molecule has 0 unspecified atom stereocenters.